The Morgan fingerprint density at radius 3 is 2.23 bits per heavy atom. The fraction of sp³-hybridized carbons (Fsp3) is 1.00. The van der Waals surface area contributed by atoms with E-state index in [2.05, 4.69) is 30.9 Å². The standard InChI is InChI=1S/C10H21ClN2/c1-12(2)4-5-13(3)8-9-6-10(11)7-9/h9-10H,4-8H2,1-3H3. The quantitative estimate of drug-likeness (QED) is 0.627. The number of rotatable bonds is 5. The van der Waals surface area contributed by atoms with Gasteiger partial charge < -0.3 is 9.80 Å². The van der Waals surface area contributed by atoms with Crippen molar-refractivity contribution in [3.05, 3.63) is 0 Å². The Balaban J connectivity index is 2.01. The van der Waals surface area contributed by atoms with Crippen LogP contribution in [0.25, 0.3) is 0 Å². The molecular weight excluding hydrogens is 184 g/mol. The summed E-state index contributed by atoms with van der Waals surface area (Å²) in [6, 6.07) is 0. The molecule has 0 unspecified atom stereocenters. The SMILES string of the molecule is CN(C)CCN(C)CC1CC(Cl)C1. The van der Waals surface area contributed by atoms with Crippen LogP contribution in [0, 0.1) is 5.92 Å². The lowest BCUT2D eigenvalue weighted by Gasteiger charge is -2.34. The summed E-state index contributed by atoms with van der Waals surface area (Å²) in [4.78, 5) is 4.63. The van der Waals surface area contributed by atoms with Crippen molar-refractivity contribution in [3.63, 3.8) is 0 Å². The summed E-state index contributed by atoms with van der Waals surface area (Å²) in [6.45, 7) is 3.53. The number of hydrogen-bond acceptors (Lipinski definition) is 2. The van der Waals surface area contributed by atoms with Gasteiger partial charge in [0.25, 0.3) is 0 Å². The normalized spacial score (nSPS) is 28.2. The first-order chi connectivity index (χ1) is 6.08. The first-order valence-corrected chi connectivity index (χ1v) is 5.49. The zero-order chi connectivity index (χ0) is 9.84. The van der Waals surface area contributed by atoms with Gasteiger partial charge in [0.1, 0.15) is 0 Å². The van der Waals surface area contributed by atoms with Crippen LogP contribution >= 0.6 is 11.6 Å². The molecule has 1 aliphatic rings. The van der Waals surface area contributed by atoms with E-state index in [1.807, 2.05) is 0 Å². The highest BCUT2D eigenvalue weighted by Gasteiger charge is 2.27. The second kappa shape index (κ2) is 5.18. The summed E-state index contributed by atoms with van der Waals surface area (Å²) in [5.74, 6) is 0.856. The molecule has 1 rings (SSSR count). The maximum atomic E-state index is 5.93. The predicted octanol–water partition coefficient (Wildman–Crippen LogP) is 1.50. The van der Waals surface area contributed by atoms with Gasteiger partial charge in [0, 0.05) is 25.0 Å². The van der Waals surface area contributed by atoms with Crippen LogP contribution in [0.4, 0.5) is 0 Å². The fourth-order valence-corrected chi connectivity index (χ4v) is 2.21. The molecule has 2 nitrogen and oxygen atoms in total. The van der Waals surface area contributed by atoms with Crippen LogP contribution in [0.15, 0.2) is 0 Å². The lowest BCUT2D eigenvalue weighted by molar-refractivity contribution is 0.196. The summed E-state index contributed by atoms with van der Waals surface area (Å²) in [6.07, 6.45) is 2.43. The highest BCUT2D eigenvalue weighted by molar-refractivity contribution is 6.21. The van der Waals surface area contributed by atoms with Crippen LogP contribution in [0.2, 0.25) is 0 Å². The average molecular weight is 205 g/mol. The van der Waals surface area contributed by atoms with Crippen molar-refractivity contribution < 1.29 is 0 Å². The van der Waals surface area contributed by atoms with Gasteiger partial charge in [-0.3, -0.25) is 0 Å². The van der Waals surface area contributed by atoms with Crippen LogP contribution in [0.1, 0.15) is 12.8 Å². The smallest absolute Gasteiger partial charge is 0.0342 e. The molecule has 0 aromatic heterocycles. The van der Waals surface area contributed by atoms with Gasteiger partial charge in [0.15, 0.2) is 0 Å². The minimum atomic E-state index is 0.465. The Kier molecular flexibility index (Phi) is 4.50. The molecule has 1 saturated carbocycles. The van der Waals surface area contributed by atoms with Crippen molar-refractivity contribution in [2.45, 2.75) is 18.2 Å². The molecular formula is C10H21ClN2. The van der Waals surface area contributed by atoms with Crippen molar-refractivity contribution in [2.75, 3.05) is 40.8 Å². The number of alkyl halides is 1. The topological polar surface area (TPSA) is 6.48 Å². The highest BCUT2D eigenvalue weighted by atomic mass is 35.5. The molecule has 0 heterocycles. The molecule has 0 aromatic carbocycles. The number of likely N-dealkylation sites (N-methyl/N-ethyl adjacent to an activating group) is 2. The third-order valence-electron chi connectivity index (χ3n) is 2.68. The molecule has 3 heteroatoms. The van der Waals surface area contributed by atoms with Gasteiger partial charge in [0.2, 0.25) is 0 Å². The molecule has 0 radical (unpaired) electrons. The Morgan fingerprint density at radius 2 is 1.77 bits per heavy atom. The largest absolute Gasteiger partial charge is 0.308 e. The van der Waals surface area contributed by atoms with E-state index in [1.54, 1.807) is 0 Å². The van der Waals surface area contributed by atoms with Crippen LogP contribution < -0.4 is 0 Å². The van der Waals surface area contributed by atoms with E-state index in [9.17, 15) is 0 Å². The van der Waals surface area contributed by atoms with Gasteiger partial charge in [-0.2, -0.15) is 0 Å². The van der Waals surface area contributed by atoms with E-state index in [1.165, 1.54) is 19.4 Å². The van der Waals surface area contributed by atoms with Gasteiger partial charge in [-0.05, 0) is 39.9 Å². The number of nitrogens with zero attached hydrogens (tertiary/aromatic N) is 2. The van der Waals surface area contributed by atoms with Crippen LogP contribution in [-0.2, 0) is 0 Å². The Bertz CT molecular complexity index is 144. The molecule has 1 fully saturated rings. The first-order valence-electron chi connectivity index (χ1n) is 5.05. The molecule has 0 atom stereocenters. The summed E-state index contributed by atoms with van der Waals surface area (Å²) < 4.78 is 0. The lowest BCUT2D eigenvalue weighted by Crippen LogP contribution is -2.37. The van der Waals surface area contributed by atoms with Crippen molar-refractivity contribution in [2.24, 2.45) is 5.92 Å². The summed E-state index contributed by atoms with van der Waals surface area (Å²) >= 11 is 5.93. The number of halogens is 1. The van der Waals surface area contributed by atoms with E-state index in [0.29, 0.717) is 5.38 Å². The van der Waals surface area contributed by atoms with Gasteiger partial charge in [-0.1, -0.05) is 0 Å². The molecule has 1 aliphatic carbocycles. The van der Waals surface area contributed by atoms with Crippen molar-refractivity contribution >= 4 is 11.6 Å². The minimum absolute atomic E-state index is 0.465. The second-order valence-corrected chi connectivity index (χ2v) is 5.12. The van der Waals surface area contributed by atoms with E-state index < -0.39 is 0 Å². The molecule has 13 heavy (non-hydrogen) atoms. The average Bonchev–Trinajstić information content (AvgIpc) is 1.98. The van der Waals surface area contributed by atoms with Gasteiger partial charge >= 0.3 is 0 Å². The van der Waals surface area contributed by atoms with Gasteiger partial charge in [0.05, 0.1) is 0 Å². The lowest BCUT2D eigenvalue weighted by atomic mass is 9.84. The van der Waals surface area contributed by atoms with Crippen LogP contribution in [-0.4, -0.2) is 56.0 Å². The van der Waals surface area contributed by atoms with Crippen molar-refractivity contribution in [1.82, 2.24) is 9.80 Å². The van der Waals surface area contributed by atoms with Crippen LogP contribution in [0.3, 0.4) is 0 Å². The zero-order valence-electron chi connectivity index (χ0n) is 8.96. The van der Waals surface area contributed by atoms with Gasteiger partial charge in [-0.25, -0.2) is 0 Å². The molecule has 0 N–H and O–H groups in total. The Morgan fingerprint density at radius 1 is 1.15 bits per heavy atom. The second-order valence-electron chi connectivity index (χ2n) is 4.50. The summed E-state index contributed by atoms with van der Waals surface area (Å²) in [5, 5.41) is 0.465. The first kappa shape index (κ1) is 11.3. The van der Waals surface area contributed by atoms with E-state index in [0.717, 1.165) is 19.0 Å². The van der Waals surface area contributed by atoms with Gasteiger partial charge in [-0.15, -0.1) is 11.6 Å². The van der Waals surface area contributed by atoms with Crippen molar-refractivity contribution in [1.29, 1.82) is 0 Å². The predicted molar refractivity (Wildman–Crippen MR) is 58.4 cm³/mol. The maximum absolute atomic E-state index is 5.93. The Labute approximate surface area is 86.8 Å². The molecule has 0 aliphatic heterocycles. The van der Waals surface area contributed by atoms with E-state index >= 15 is 0 Å². The fourth-order valence-electron chi connectivity index (χ4n) is 1.71. The zero-order valence-corrected chi connectivity index (χ0v) is 9.72. The molecule has 0 aromatic rings. The summed E-state index contributed by atoms with van der Waals surface area (Å²) in [5.41, 5.74) is 0. The minimum Gasteiger partial charge on any atom is -0.308 e. The number of hydrogen-bond donors (Lipinski definition) is 0. The van der Waals surface area contributed by atoms with Crippen LogP contribution in [0.5, 0.6) is 0 Å². The molecule has 0 spiro atoms. The molecule has 0 bridgehead atoms. The maximum Gasteiger partial charge on any atom is 0.0342 e. The molecule has 0 amide bonds. The molecule has 0 saturated heterocycles. The summed E-state index contributed by atoms with van der Waals surface area (Å²) in [7, 11) is 6.43. The van der Waals surface area contributed by atoms with E-state index in [4.69, 9.17) is 11.6 Å². The van der Waals surface area contributed by atoms with Crippen molar-refractivity contribution in [3.8, 4) is 0 Å². The molecule has 78 valence electrons. The van der Waals surface area contributed by atoms with E-state index in [-0.39, 0.29) is 0 Å². The highest BCUT2D eigenvalue weighted by Crippen LogP contribution is 2.32. The third kappa shape index (κ3) is 4.30. The third-order valence-corrected chi connectivity index (χ3v) is 3.03. The monoisotopic (exact) mass is 204 g/mol. The Hall–Kier alpha value is 0.210.